The first kappa shape index (κ1) is 11.0. The van der Waals surface area contributed by atoms with Gasteiger partial charge >= 0.3 is 6.61 Å². The SMILES string of the molecule is CC(C)c1cnn(CCOC(F)F)n1. The molecule has 0 aromatic carbocycles. The standard InChI is InChI=1S/C8H13F2N3O/c1-6(2)7-5-11-13(12-7)3-4-14-8(9)10/h5-6,8H,3-4H2,1-2H3. The highest BCUT2D eigenvalue weighted by molar-refractivity contribution is 4.97. The van der Waals surface area contributed by atoms with Crippen LogP contribution in [0.1, 0.15) is 25.5 Å². The average Bonchev–Trinajstić information content (AvgIpc) is 2.52. The maximum absolute atomic E-state index is 11.6. The number of alkyl halides is 2. The van der Waals surface area contributed by atoms with E-state index in [2.05, 4.69) is 14.9 Å². The van der Waals surface area contributed by atoms with E-state index in [9.17, 15) is 8.78 Å². The van der Waals surface area contributed by atoms with Crippen LogP contribution in [-0.4, -0.2) is 28.2 Å². The van der Waals surface area contributed by atoms with Crippen LogP contribution in [0.4, 0.5) is 8.78 Å². The number of hydrogen-bond acceptors (Lipinski definition) is 3. The highest BCUT2D eigenvalue weighted by Gasteiger charge is 2.05. The molecule has 1 aromatic heterocycles. The Morgan fingerprint density at radius 2 is 2.21 bits per heavy atom. The van der Waals surface area contributed by atoms with E-state index >= 15 is 0 Å². The lowest BCUT2D eigenvalue weighted by molar-refractivity contribution is -0.131. The fourth-order valence-corrected chi connectivity index (χ4v) is 0.906. The second kappa shape index (κ2) is 4.99. The molecule has 0 N–H and O–H groups in total. The van der Waals surface area contributed by atoms with Crippen molar-refractivity contribution >= 4 is 0 Å². The molecule has 4 nitrogen and oxygen atoms in total. The Morgan fingerprint density at radius 1 is 1.50 bits per heavy atom. The maximum Gasteiger partial charge on any atom is 0.345 e. The van der Waals surface area contributed by atoms with Crippen molar-refractivity contribution in [3.63, 3.8) is 0 Å². The van der Waals surface area contributed by atoms with E-state index in [1.807, 2.05) is 13.8 Å². The molecule has 0 radical (unpaired) electrons. The maximum atomic E-state index is 11.6. The molecule has 0 fully saturated rings. The average molecular weight is 205 g/mol. The van der Waals surface area contributed by atoms with Gasteiger partial charge in [-0.3, -0.25) is 0 Å². The normalized spacial score (nSPS) is 11.6. The summed E-state index contributed by atoms with van der Waals surface area (Å²) in [7, 11) is 0. The Bertz CT molecular complexity index is 275. The van der Waals surface area contributed by atoms with Crippen LogP contribution in [-0.2, 0) is 11.3 Å². The monoisotopic (exact) mass is 205 g/mol. The summed E-state index contributed by atoms with van der Waals surface area (Å²) in [6.45, 7) is 1.42. The highest BCUT2D eigenvalue weighted by Crippen LogP contribution is 2.08. The van der Waals surface area contributed by atoms with E-state index in [0.717, 1.165) is 5.69 Å². The van der Waals surface area contributed by atoms with Crippen molar-refractivity contribution < 1.29 is 13.5 Å². The Balaban J connectivity index is 2.36. The Hall–Kier alpha value is -1.04. The van der Waals surface area contributed by atoms with Crippen molar-refractivity contribution in [3.05, 3.63) is 11.9 Å². The summed E-state index contributed by atoms with van der Waals surface area (Å²) < 4.78 is 27.3. The summed E-state index contributed by atoms with van der Waals surface area (Å²) in [6, 6.07) is 0. The predicted octanol–water partition coefficient (Wildman–Crippen LogP) is 1.64. The number of ether oxygens (including phenoxy) is 1. The number of aromatic nitrogens is 3. The van der Waals surface area contributed by atoms with Gasteiger partial charge in [0.15, 0.2) is 0 Å². The van der Waals surface area contributed by atoms with Crippen LogP contribution in [0.5, 0.6) is 0 Å². The molecule has 0 spiro atoms. The topological polar surface area (TPSA) is 39.9 Å². The molecule has 0 saturated heterocycles. The second-order valence-electron chi connectivity index (χ2n) is 3.15. The number of rotatable bonds is 5. The van der Waals surface area contributed by atoms with E-state index in [0.29, 0.717) is 5.92 Å². The van der Waals surface area contributed by atoms with Gasteiger partial charge in [-0.1, -0.05) is 13.8 Å². The summed E-state index contributed by atoms with van der Waals surface area (Å²) in [6.07, 6.45) is 1.63. The minimum absolute atomic E-state index is 0.0795. The van der Waals surface area contributed by atoms with Crippen molar-refractivity contribution in [2.24, 2.45) is 0 Å². The summed E-state index contributed by atoms with van der Waals surface area (Å²) in [5, 5.41) is 8.00. The third-order valence-corrected chi connectivity index (χ3v) is 1.68. The summed E-state index contributed by atoms with van der Waals surface area (Å²) in [5.74, 6) is 0.291. The summed E-state index contributed by atoms with van der Waals surface area (Å²) in [4.78, 5) is 1.36. The molecule has 0 aliphatic rings. The van der Waals surface area contributed by atoms with Gasteiger partial charge in [-0.2, -0.15) is 23.8 Å². The molecule has 1 heterocycles. The molecule has 0 saturated carbocycles. The zero-order valence-corrected chi connectivity index (χ0v) is 8.15. The molecule has 14 heavy (non-hydrogen) atoms. The highest BCUT2D eigenvalue weighted by atomic mass is 19.3. The first-order valence-electron chi connectivity index (χ1n) is 4.39. The van der Waals surface area contributed by atoms with Crippen molar-refractivity contribution in [1.29, 1.82) is 0 Å². The van der Waals surface area contributed by atoms with Crippen LogP contribution < -0.4 is 0 Å². The fraction of sp³-hybridized carbons (Fsp3) is 0.750. The number of nitrogens with zero attached hydrogens (tertiary/aromatic N) is 3. The number of halogens is 2. The Morgan fingerprint density at radius 3 is 2.71 bits per heavy atom. The first-order valence-corrected chi connectivity index (χ1v) is 4.39. The van der Waals surface area contributed by atoms with Gasteiger partial charge in [0.25, 0.3) is 0 Å². The van der Waals surface area contributed by atoms with E-state index < -0.39 is 6.61 Å². The van der Waals surface area contributed by atoms with Gasteiger partial charge in [0.1, 0.15) is 0 Å². The van der Waals surface area contributed by atoms with Crippen LogP contribution in [0.3, 0.4) is 0 Å². The molecule has 0 atom stereocenters. The van der Waals surface area contributed by atoms with Crippen molar-refractivity contribution in [1.82, 2.24) is 15.0 Å². The van der Waals surface area contributed by atoms with Gasteiger partial charge < -0.3 is 4.74 Å². The molecule has 80 valence electrons. The van der Waals surface area contributed by atoms with Crippen LogP contribution in [0.2, 0.25) is 0 Å². The minimum atomic E-state index is -2.73. The lowest BCUT2D eigenvalue weighted by Gasteiger charge is -2.01. The van der Waals surface area contributed by atoms with Crippen LogP contribution >= 0.6 is 0 Å². The zero-order valence-electron chi connectivity index (χ0n) is 8.15. The lowest BCUT2D eigenvalue weighted by Crippen LogP contribution is -2.11. The molecule has 1 rings (SSSR count). The quantitative estimate of drug-likeness (QED) is 0.733. The molecule has 0 aliphatic heterocycles. The largest absolute Gasteiger partial charge is 0.345 e. The summed E-state index contributed by atoms with van der Waals surface area (Å²) in [5.41, 5.74) is 0.849. The minimum Gasteiger partial charge on any atom is -0.321 e. The van der Waals surface area contributed by atoms with Crippen LogP contribution in [0, 0.1) is 0 Å². The van der Waals surface area contributed by atoms with Gasteiger partial charge in [0, 0.05) is 0 Å². The van der Waals surface area contributed by atoms with Gasteiger partial charge in [0.05, 0.1) is 25.0 Å². The Labute approximate surface area is 80.9 Å². The van der Waals surface area contributed by atoms with E-state index in [1.165, 1.54) is 4.80 Å². The molecule has 1 aromatic rings. The van der Waals surface area contributed by atoms with Crippen molar-refractivity contribution in [2.45, 2.75) is 32.9 Å². The van der Waals surface area contributed by atoms with E-state index in [4.69, 9.17) is 0 Å². The molecule has 6 heteroatoms. The second-order valence-corrected chi connectivity index (χ2v) is 3.15. The van der Waals surface area contributed by atoms with Gasteiger partial charge in [-0.15, -0.1) is 0 Å². The lowest BCUT2D eigenvalue weighted by atomic mass is 10.2. The van der Waals surface area contributed by atoms with Crippen LogP contribution in [0.25, 0.3) is 0 Å². The summed E-state index contributed by atoms with van der Waals surface area (Å²) >= 11 is 0. The first-order chi connectivity index (χ1) is 6.59. The third-order valence-electron chi connectivity index (χ3n) is 1.68. The van der Waals surface area contributed by atoms with E-state index in [1.54, 1.807) is 6.20 Å². The zero-order chi connectivity index (χ0) is 10.6. The van der Waals surface area contributed by atoms with Gasteiger partial charge in [-0.05, 0) is 5.92 Å². The van der Waals surface area contributed by atoms with Gasteiger partial charge in [0.2, 0.25) is 0 Å². The molecule has 0 bridgehead atoms. The molecular weight excluding hydrogens is 192 g/mol. The molecule has 0 aliphatic carbocycles. The third kappa shape index (κ3) is 3.37. The van der Waals surface area contributed by atoms with Crippen molar-refractivity contribution in [2.75, 3.05) is 6.61 Å². The fourth-order valence-electron chi connectivity index (χ4n) is 0.906. The molecular formula is C8H13F2N3O. The molecule has 0 unspecified atom stereocenters. The van der Waals surface area contributed by atoms with Crippen LogP contribution in [0.15, 0.2) is 6.20 Å². The molecule has 0 amide bonds. The van der Waals surface area contributed by atoms with E-state index in [-0.39, 0.29) is 13.2 Å². The predicted molar refractivity (Wildman–Crippen MR) is 46.1 cm³/mol. The van der Waals surface area contributed by atoms with Crippen molar-refractivity contribution in [3.8, 4) is 0 Å². The smallest absolute Gasteiger partial charge is 0.321 e. The number of hydrogen-bond donors (Lipinski definition) is 0. The Kier molecular flexibility index (Phi) is 3.94. The van der Waals surface area contributed by atoms with Gasteiger partial charge in [-0.25, -0.2) is 0 Å².